The minimum absolute atomic E-state index is 1.18. The van der Waals surface area contributed by atoms with Crippen molar-refractivity contribution in [1.29, 1.82) is 0 Å². The first-order valence-electron chi connectivity index (χ1n) is 4.92. The van der Waals surface area contributed by atoms with Gasteiger partial charge in [0.05, 0.1) is 6.21 Å². The van der Waals surface area contributed by atoms with Gasteiger partial charge in [-0.2, -0.15) is 5.10 Å². The van der Waals surface area contributed by atoms with Crippen LogP contribution >= 0.6 is 0 Å². The summed E-state index contributed by atoms with van der Waals surface area (Å²) in [5.41, 5.74) is 5.22. The third-order valence-corrected chi connectivity index (χ3v) is 2.61. The molecule has 0 saturated carbocycles. The second-order valence-corrected chi connectivity index (χ2v) is 3.51. The standard InChI is InChI=1S/C13H10N2/c1-2-4-12-10(3-1)5-6-11-7-8-14-15-9-13(11)12/h1-9,14H. The molecule has 2 nitrogen and oxygen atoms in total. The topological polar surface area (TPSA) is 24.4 Å². The van der Waals surface area contributed by atoms with Crippen molar-refractivity contribution in [3.05, 3.63) is 53.7 Å². The van der Waals surface area contributed by atoms with Gasteiger partial charge in [0, 0.05) is 11.8 Å². The maximum Gasteiger partial charge on any atom is 0.0556 e. The first kappa shape index (κ1) is 8.24. The van der Waals surface area contributed by atoms with Crippen LogP contribution in [0.4, 0.5) is 0 Å². The van der Waals surface area contributed by atoms with Crippen LogP contribution in [0.15, 0.2) is 47.7 Å². The highest BCUT2D eigenvalue weighted by molar-refractivity contribution is 6.03. The summed E-state index contributed by atoms with van der Waals surface area (Å²) in [4.78, 5) is 0. The van der Waals surface area contributed by atoms with Gasteiger partial charge in [0.25, 0.3) is 0 Å². The third-order valence-electron chi connectivity index (χ3n) is 2.61. The molecule has 15 heavy (non-hydrogen) atoms. The molecule has 2 heteroatoms. The van der Waals surface area contributed by atoms with E-state index in [-0.39, 0.29) is 0 Å². The van der Waals surface area contributed by atoms with Crippen LogP contribution in [0.25, 0.3) is 16.8 Å². The summed E-state index contributed by atoms with van der Waals surface area (Å²) < 4.78 is 0. The summed E-state index contributed by atoms with van der Waals surface area (Å²) in [6.07, 6.45) is 5.75. The van der Waals surface area contributed by atoms with Gasteiger partial charge in [0.1, 0.15) is 0 Å². The minimum Gasteiger partial charge on any atom is -0.286 e. The van der Waals surface area contributed by atoms with E-state index in [0.717, 1.165) is 0 Å². The first-order chi connectivity index (χ1) is 7.45. The Hall–Kier alpha value is -2.09. The molecule has 0 aromatic heterocycles. The maximum absolute atomic E-state index is 4.10. The largest absolute Gasteiger partial charge is 0.286 e. The Balaban J connectivity index is 2.42. The van der Waals surface area contributed by atoms with E-state index in [1.807, 2.05) is 18.5 Å². The predicted octanol–water partition coefficient (Wildman–Crippen LogP) is 2.75. The lowest BCUT2D eigenvalue weighted by Crippen LogP contribution is -1.91. The highest BCUT2D eigenvalue weighted by Crippen LogP contribution is 2.22. The average Bonchev–Trinajstić information content (AvgIpc) is 2.54. The molecule has 1 N–H and O–H groups in total. The molecular formula is C13H10N2. The number of rotatable bonds is 0. The van der Waals surface area contributed by atoms with E-state index in [4.69, 9.17) is 0 Å². The lowest BCUT2D eigenvalue weighted by atomic mass is 10.00. The Kier molecular flexibility index (Phi) is 1.78. The van der Waals surface area contributed by atoms with Gasteiger partial charge in [0.2, 0.25) is 0 Å². The average molecular weight is 194 g/mol. The zero-order valence-electron chi connectivity index (χ0n) is 8.14. The molecule has 1 heterocycles. The van der Waals surface area contributed by atoms with Crippen LogP contribution < -0.4 is 5.43 Å². The van der Waals surface area contributed by atoms with Gasteiger partial charge in [-0.25, -0.2) is 0 Å². The molecule has 2 aromatic rings. The second kappa shape index (κ2) is 3.24. The monoisotopic (exact) mass is 194 g/mol. The van der Waals surface area contributed by atoms with Crippen LogP contribution in [0.3, 0.4) is 0 Å². The summed E-state index contributed by atoms with van der Waals surface area (Å²) in [6.45, 7) is 0. The SMILES string of the molecule is C1=Cc2ccc3ccccc3c2C=NN1. The van der Waals surface area contributed by atoms with E-state index in [1.54, 1.807) is 0 Å². The molecule has 0 fully saturated rings. The number of benzene rings is 2. The van der Waals surface area contributed by atoms with Gasteiger partial charge >= 0.3 is 0 Å². The van der Waals surface area contributed by atoms with Crippen molar-refractivity contribution in [3.63, 3.8) is 0 Å². The number of hydrogen-bond donors (Lipinski definition) is 1. The smallest absolute Gasteiger partial charge is 0.0556 e. The molecule has 0 aliphatic carbocycles. The van der Waals surface area contributed by atoms with Crippen molar-refractivity contribution in [1.82, 2.24) is 5.43 Å². The van der Waals surface area contributed by atoms with Crippen LogP contribution in [0, 0.1) is 0 Å². The fourth-order valence-corrected chi connectivity index (χ4v) is 1.87. The van der Waals surface area contributed by atoms with Crippen LogP contribution in [0.1, 0.15) is 11.1 Å². The van der Waals surface area contributed by atoms with Crippen LogP contribution in [-0.2, 0) is 0 Å². The molecule has 2 aromatic carbocycles. The van der Waals surface area contributed by atoms with E-state index >= 15 is 0 Å². The Morgan fingerprint density at radius 1 is 1.00 bits per heavy atom. The summed E-state index contributed by atoms with van der Waals surface area (Å²) >= 11 is 0. The molecule has 0 bridgehead atoms. The molecule has 0 atom stereocenters. The molecular weight excluding hydrogens is 184 g/mol. The first-order valence-corrected chi connectivity index (χ1v) is 4.92. The lowest BCUT2D eigenvalue weighted by molar-refractivity contribution is 0.985. The summed E-state index contributed by atoms with van der Waals surface area (Å²) in [7, 11) is 0. The molecule has 0 spiro atoms. The lowest BCUT2D eigenvalue weighted by Gasteiger charge is -2.04. The van der Waals surface area contributed by atoms with Crippen molar-refractivity contribution in [2.75, 3.05) is 0 Å². The zero-order chi connectivity index (χ0) is 10.1. The fourth-order valence-electron chi connectivity index (χ4n) is 1.87. The summed E-state index contributed by atoms with van der Waals surface area (Å²) in [6, 6.07) is 12.6. The van der Waals surface area contributed by atoms with Crippen molar-refractivity contribution in [3.8, 4) is 0 Å². The van der Waals surface area contributed by atoms with E-state index in [9.17, 15) is 0 Å². The zero-order valence-corrected chi connectivity index (χ0v) is 8.14. The van der Waals surface area contributed by atoms with Crippen LogP contribution in [0.2, 0.25) is 0 Å². The Bertz CT molecular complexity index is 568. The van der Waals surface area contributed by atoms with Crippen molar-refractivity contribution in [2.24, 2.45) is 5.10 Å². The number of fused-ring (bicyclic) bond motifs is 3. The quantitative estimate of drug-likeness (QED) is 0.685. The number of hydrazone groups is 1. The fraction of sp³-hybridized carbons (Fsp3) is 0. The molecule has 0 amide bonds. The summed E-state index contributed by atoms with van der Waals surface area (Å²) in [5.74, 6) is 0. The predicted molar refractivity (Wildman–Crippen MR) is 63.7 cm³/mol. The van der Waals surface area contributed by atoms with Gasteiger partial charge in [-0.1, -0.05) is 36.4 Å². The molecule has 3 rings (SSSR count). The Morgan fingerprint density at radius 3 is 2.93 bits per heavy atom. The molecule has 72 valence electrons. The highest BCUT2D eigenvalue weighted by Gasteiger charge is 2.04. The van der Waals surface area contributed by atoms with Crippen molar-refractivity contribution in [2.45, 2.75) is 0 Å². The third kappa shape index (κ3) is 1.31. The summed E-state index contributed by atoms with van der Waals surface area (Å²) in [5, 5.41) is 6.59. The molecule has 0 saturated heterocycles. The van der Waals surface area contributed by atoms with E-state index in [2.05, 4.69) is 46.9 Å². The highest BCUT2D eigenvalue weighted by atomic mass is 15.3. The Morgan fingerprint density at radius 2 is 1.93 bits per heavy atom. The van der Waals surface area contributed by atoms with Crippen LogP contribution in [-0.4, -0.2) is 6.21 Å². The number of hydrogen-bond acceptors (Lipinski definition) is 2. The van der Waals surface area contributed by atoms with Gasteiger partial charge in [-0.15, -0.1) is 0 Å². The molecule has 0 unspecified atom stereocenters. The maximum atomic E-state index is 4.10. The van der Waals surface area contributed by atoms with Gasteiger partial charge in [0.15, 0.2) is 0 Å². The number of nitrogens with zero attached hydrogens (tertiary/aromatic N) is 1. The van der Waals surface area contributed by atoms with E-state index < -0.39 is 0 Å². The second-order valence-electron chi connectivity index (χ2n) is 3.51. The van der Waals surface area contributed by atoms with Gasteiger partial charge in [-0.05, 0) is 22.4 Å². The minimum atomic E-state index is 1.18. The van der Waals surface area contributed by atoms with Gasteiger partial charge in [-0.3, -0.25) is 5.43 Å². The number of nitrogens with one attached hydrogen (secondary N) is 1. The normalized spacial score (nSPS) is 13.3. The van der Waals surface area contributed by atoms with E-state index in [1.165, 1.54) is 21.9 Å². The molecule has 1 aliphatic heterocycles. The van der Waals surface area contributed by atoms with Crippen LogP contribution in [0.5, 0.6) is 0 Å². The molecule has 1 aliphatic rings. The van der Waals surface area contributed by atoms with Crippen molar-refractivity contribution < 1.29 is 0 Å². The van der Waals surface area contributed by atoms with Crippen molar-refractivity contribution >= 4 is 23.1 Å². The van der Waals surface area contributed by atoms with Gasteiger partial charge < -0.3 is 0 Å². The van der Waals surface area contributed by atoms with E-state index in [0.29, 0.717) is 0 Å². The molecule has 0 radical (unpaired) electrons. The Labute approximate surface area is 87.9 Å².